The van der Waals surface area contributed by atoms with Crippen molar-refractivity contribution < 1.29 is 8.42 Å². The molecular weight excluding hydrogens is 188 g/mol. The van der Waals surface area contributed by atoms with Gasteiger partial charge in [0.05, 0.1) is 11.3 Å². The van der Waals surface area contributed by atoms with Crippen LogP contribution in [0.5, 0.6) is 0 Å². The number of sulfonamides is 1. The van der Waals surface area contributed by atoms with Crippen molar-refractivity contribution in [2.24, 2.45) is 5.41 Å². The van der Waals surface area contributed by atoms with Gasteiger partial charge in [0.25, 0.3) is 0 Å². The zero-order valence-electron chi connectivity index (χ0n) is 7.87. The highest BCUT2D eigenvalue weighted by atomic mass is 32.2. The number of nitriles is 1. The van der Waals surface area contributed by atoms with E-state index in [4.69, 9.17) is 5.26 Å². The largest absolute Gasteiger partial charge is 0.218 e. The summed E-state index contributed by atoms with van der Waals surface area (Å²) >= 11 is 0. The van der Waals surface area contributed by atoms with E-state index in [-0.39, 0.29) is 10.7 Å². The lowest BCUT2D eigenvalue weighted by Crippen LogP contribution is -2.46. The van der Waals surface area contributed by atoms with Gasteiger partial charge in [-0.1, -0.05) is 6.92 Å². The minimum absolute atomic E-state index is 0.0800. The number of nitrogens with one attached hydrogen (secondary N) is 1. The van der Waals surface area contributed by atoms with Crippen LogP contribution in [0.15, 0.2) is 0 Å². The Morgan fingerprint density at radius 3 is 2.54 bits per heavy atom. The summed E-state index contributed by atoms with van der Waals surface area (Å²) in [4.78, 5) is 0. The standard InChI is InChI=1S/C8H14N2O2S/c1-8(3-4-9)5-7(6-8)13(11,12)10-2/h7,10H,3,5-6H2,1-2H3/t7-,8+. The number of rotatable bonds is 3. The molecule has 1 fully saturated rings. The van der Waals surface area contributed by atoms with Gasteiger partial charge in [0.2, 0.25) is 10.0 Å². The Kier molecular flexibility index (Phi) is 2.64. The maximum absolute atomic E-state index is 11.3. The molecule has 1 rings (SSSR count). The molecule has 4 nitrogen and oxygen atoms in total. The predicted octanol–water partition coefficient (Wildman–Crippen LogP) is 0.618. The fourth-order valence-corrected chi connectivity index (χ4v) is 3.34. The van der Waals surface area contributed by atoms with E-state index in [1.54, 1.807) is 0 Å². The van der Waals surface area contributed by atoms with Crippen molar-refractivity contribution in [2.45, 2.75) is 31.4 Å². The van der Waals surface area contributed by atoms with E-state index in [9.17, 15) is 8.42 Å². The van der Waals surface area contributed by atoms with Gasteiger partial charge in [-0.25, -0.2) is 13.1 Å². The fourth-order valence-electron chi connectivity index (χ4n) is 1.76. The van der Waals surface area contributed by atoms with Crippen LogP contribution in [-0.2, 0) is 10.0 Å². The van der Waals surface area contributed by atoms with Gasteiger partial charge < -0.3 is 0 Å². The predicted molar refractivity (Wildman–Crippen MR) is 49.3 cm³/mol. The molecule has 0 aromatic rings. The molecule has 0 spiro atoms. The molecular formula is C8H14N2O2S. The van der Waals surface area contributed by atoms with E-state index in [0.29, 0.717) is 19.3 Å². The molecule has 0 aliphatic heterocycles. The Balaban J connectivity index is 2.56. The second-order valence-electron chi connectivity index (χ2n) is 3.92. The Morgan fingerprint density at radius 2 is 2.15 bits per heavy atom. The third-order valence-corrected chi connectivity index (χ3v) is 4.45. The van der Waals surface area contributed by atoms with Gasteiger partial charge in [0.1, 0.15) is 0 Å². The molecule has 13 heavy (non-hydrogen) atoms. The van der Waals surface area contributed by atoms with E-state index in [1.807, 2.05) is 6.92 Å². The van der Waals surface area contributed by atoms with Gasteiger partial charge in [0.15, 0.2) is 0 Å². The van der Waals surface area contributed by atoms with E-state index >= 15 is 0 Å². The first-order valence-corrected chi connectivity index (χ1v) is 5.77. The maximum Gasteiger partial charge on any atom is 0.214 e. The maximum atomic E-state index is 11.3. The molecule has 0 aromatic heterocycles. The molecule has 1 N–H and O–H groups in total. The van der Waals surface area contributed by atoms with Crippen LogP contribution in [0.4, 0.5) is 0 Å². The summed E-state index contributed by atoms with van der Waals surface area (Å²) in [5.74, 6) is 0. The first-order valence-electron chi connectivity index (χ1n) is 4.23. The van der Waals surface area contributed by atoms with Crippen LogP contribution >= 0.6 is 0 Å². The van der Waals surface area contributed by atoms with Crippen LogP contribution in [0.3, 0.4) is 0 Å². The van der Waals surface area contributed by atoms with Crippen molar-refractivity contribution in [1.82, 2.24) is 4.72 Å². The average molecular weight is 202 g/mol. The van der Waals surface area contributed by atoms with Crippen LogP contribution in [0.2, 0.25) is 0 Å². The second kappa shape index (κ2) is 3.28. The third-order valence-electron chi connectivity index (χ3n) is 2.67. The fraction of sp³-hybridized carbons (Fsp3) is 0.875. The summed E-state index contributed by atoms with van der Waals surface area (Å²) in [7, 11) is -1.68. The summed E-state index contributed by atoms with van der Waals surface area (Å²) in [6.07, 6.45) is 1.65. The average Bonchev–Trinajstić information content (AvgIpc) is 2.00. The van der Waals surface area contributed by atoms with E-state index in [1.165, 1.54) is 7.05 Å². The highest BCUT2D eigenvalue weighted by Gasteiger charge is 2.46. The van der Waals surface area contributed by atoms with Crippen LogP contribution < -0.4 is 4.72 Å². The first kappa shape index (κ1) is 10.5. The van der Waals surface area contributed by atoms with E-state index in [2.05, 4.69) is 10.8 Å². The van der Waals surface area contributed by atoms with Gasteiger partial charge >= 0.3 is 0 Å². The molecule has 0 bridgehead atoms. The van der Waals surface area contributed by atoms with Gasteiger partial charge in [-0.2, -0.15) is 5.26 Å². The Hall–Kier alpha value is -0.600. The smallest absolute Gasteiger partial charge is 0.214 e. The minimum atomic E-state index is -3.11. The van der Waals surface area contributed by atoms with Crippen molar-refractivity contribution >= 4 is 10.0 Å². The molecule has 1 saturated carbocycles. The molecule has 1 aliphatic rings. The van der Waals surface area contributed by atoms with E-state index in [0.717, 1.165) is 0 Å². The molecule has 5 heteroatoms. The molecule has 0 radical (unpaired) electrons. The van der Waals surface area contributed by atoms with Crippen molar-refractivity contribution in [3.8, 4) is 6.07 Å². The summed E-state index contributed by atoms with van der Waals surface area (Å²) < 4.78 is 24.9. The van der Waals surface area contributed by atoms with Crippen LogP contribution in [0.1, 0.15) is 26.2 Å². The summed E-state index contributed by atoms with van der Waals surface area (Å²) in [5.41, 5.74) is -0.0800. The van der Waals surface area contributed by atoms with Crippen LogP contribution in [0, 0.1) is 16.7 Å². The zero-order valence-corrected chi connectivity index (χ0v) is 8.69. The Labute approximate surface area is 79.0 Å². The molecule has 0 unspecified atom stereocenters. The molecule has 1 aliphatic carbocycles. The summed E-state index contributed by atoms with van der Waals surface area (Å²) in [6.45, 7) is 1.96. The Bertz CT molecular complexity index is 323. The molecule has 74 valence electrons. The van der Waals surface area contributed by atoms with Gasteiger partial charge in [-0.05, 0) is 25.3 Å². The highest BCUT2D eigenvalue weighted by Crippen LogP contribution is 2.46. The van der Waals surface area contributed by atoms with Crippen molar-refractivity contribution in [1.29, 1.82) is 5.26 Å². The normalized spacial score (nSPS) is 33.5. The molecule has 0 atom stereocenters. The molecule has 0 saturated heterocycles. The zero-order chi connectivity index (χ0) is 10.1. The summed E-state index contributed by atoms with van der Waals surface area (Å²) in [6, 6.07) is 2.08. The topological polar surface area (TPSA) is 70.0 Å². The Morgan fingerprint density at radius 1 is 1.62 bits per heavy atom. The number of hydrogen-bond donors (Lipinski definition) is 1. The first-order chi connectivity index (χ1) is 5.93. The number of hydrogen-bond acceptors (Lipinski definition) is 3. The molecule has 0 heterocycles. The number of nitrogens with zero attached hydrogens (tertiary/aromatic N) is 1. The quantitative estimate of drug-likeness (QED) is 0.729. The van der Waals surface area contributed by atoms with Gasteiger partial charge in [0, 0.05) is 6.42 Å². The SMILES string of the molecule is CNS(=O)(=O)[C@H]1C[C@@](C)(CC#N)C1. The van der Waals surface area contributed by atoms with Crippen molar-refractivity contribution in [3.63, 3.8) is 0 Å². The van der Waals surface area contributed by atoms with Crippen LogP contribution in [-0.4, -0.2) is 20.7 Å². The lowest BCUT2D eigenvalue weighted by atomic mass is 9.68. The third kappa shape index (κ3) is 2.01. The monoisotopic (exact) mass is 202 g/mol. The molecule has 0 aromatic carbocycles. The van der Waals surface area contributed by atoms with Gasteiger partial charge in [-0.15, -0.1) is 0 Å². The van der Waals surface area contributed by atoms with Crippen LogP contribution in [0.25, 0.3) is 0 Å². The highest BCUT2D eigenvalue weighted by molar-refractivity contribution is 7.90. The lowest BCUT2D eigenvalue weighted by molar-refractivity contribution is 0.171. The van der Waals surface area contributed by atoms with Gasteiger partial charge in [-0.3, -0.25) is 0 Å². The van der Waals surface area contributed by atoms with Crippen molar-refractivity contribution in [2.75, 3.05) is 7.05 Å². The lowest BCUT2D eigenvalue weighted by Gasteiger charge is -2.42. The second-order valence-corrected chi connectivity index (χ2v) is 6.09. The minimum Gasteiger partial charge on any atom is -0.218 e. The van der Waals surface area contributed by atoms with E-state index < -0.39 is 10.0 Å². The summed E-state index contributed by atoms with van der Waals surface area (Å²) in [5, 5.41) is 8.20. The van der Waals surface area contributed by atoms with Crippen molar-refractivity contribution in [3.05, 3.63) is 0 Å². The molecule has 0 amide bonds.